The number of para-hydroxylation sites is 1. The molecule has 3 aromatic carbocycles. The molecular formula is C29H34N2O4. The number of carbonyl (C=O) groups is 2. The van der Waals surface area contributed by atoms with Crippen molar-refractivity contribution >= 4 is 11.8 Å². The molecule has 0 aliphatic heterocycles. The molecule has 3 rings (SSSR count). The topological polar surface area (TPSA) is 67.9 Å². The van der Waals surface area contributed by atoms with E-state index in [9.17, 15) is 9.59 Å². The maximum absolute atomic E-state index is 13.5. The summed E-state index contributed by atoms with van der Waals surface area (Å²) in [6.07, 6.45) is 0.858. The van der Waals surface area contributed by atoms with Crippen molar-refractivity contribution in [1.29, 1.82) is 0 Å². The third-order valence-electron chi connectivity index (χ3n) is 5.63. The van der Waals surface area contributed by atoms with Gasteiger partial charge >= 0.3 is 0 Å². The Morgan fingerprint density at radius 1 is 0.857 bits per heavy atom. The van der Waals surface area contributed by atoms with Gasteiger partial charge in [-0.3, -0.25) is 9.59 Å². The van der Waals surface area contributed by atoms with Crippen molar-refractivity contribution in [3.8, 4) is 11.5 Å². The van der Waals surface area contributed by atoms with Gasteiger partial charge in [0, 0.05) is 13.1 Å². The molecule has 0 fully saturated rings. The number of amides is 2. The van der Waals surface area contributed by atoms with Crippen LogP contribution >= 0.6 is 0 Å². The molecule has 0 spiro atoms. The number of hydrogen-bond acceptors (Lipinski definition) is 4. The minimum atomic E-state index is -0.794. The van der Waals surface area contributed by atoms with Gasteiger partial charge in [0.1, 0.15) is 17.5 Å². The molecule has 0 heterocycles. The van der Waals surface area contributed by atoms with E-state index in [1.165, 1.54) is 0 Å². The van der Waals surface area contributed by atoms with Gasteiger partial charge in [0.25, 0.3) is 5.91 Å². The zero-order valence-electron chi connectivity index (χ0n) is 20.6. The highest BCUT2D eigenvalue weighted by Gasteiger charge is 2.31. The van der Waals surface area contributed by atoms with Crippen molar-refractivity contribution in [2.24, 2.45) is 5.92 Å². The number of hydrogen-bond donors (Lipinski definition) is 1. The molecule has 0 aromatic heterocycles. The van der Waals surface area contributed by atoms with Gasteiger partial charge in [0.15, 0.2) is 6.61 Å². The Kier molecular flexibility index (Phi) is 9.72. The molecule has 0 unspecified atom stereocenters. The lowest BCUT2D eigenvalue weighted by atomic mass is 10.0. The molecule has 0 aliphatic rings. The smallest absolute Gasteiger partial charge is 0.261 e. The molecule has 6 nitrogen and oxygen atoms in total. The van der Waals surface area contributed by atoms with Crippen LogP contribution in [0.25, 0.3) is 0 Å². The van der Waals surface area contributed by atoms with E-state index in [0.29, 0.717) is 18.2 Å². The zero-order chi connectivity index (χ0) is 25.0. The van der Waals surface area contributed by atoms with Crippen LogP contribution in [-0.2, 0) is 16.1 Å². The number of rotatable bonds is 12. The Hall–Kier alpha value is -3.80. The summed E-state index contributed by atoms with van der Waals surface area (Å²) in [4.78, 5) is 28.6. The standard InChI is InChI=1S/C29H34N2O4/c1-22(2)18-19-30-29(33)28(24-10-6-4-7-11-24)31(20-23-14-16-25(34-3)17-15-23)27(32)21-35-26-12-8-5-9-13-26/h4-17,22,28H,18-21H2,1-3H3,(H,30,33)/t28-/m0/s1. The van der Waals surface area contributed by atoms with Gasteiger partial charge < -0.3 is 19.7 Å². The third kappa shape index (κ3) is 7.88. The lowest BCUT2D eigenvalue weighted by Crippen LogP contribution is -2.45. The summed E-state index contributed by atoms with van der Waals surface area (Å²) in [6, 6.07) is 25.3. The summed E-state index contributed by atoms with van der Waals surface area (Å²) in [6.45, 7) is 4.84. The largest absolute Gasteiger partial charge is 0.497 e. The van der Waals surface area contributed by atoms with Crippen molar-refractivity contribution in [3.05, 3.63) is 96.1 Å². The van der Waals surface area contributed by atoms with Crippen molar-refractivity contribution in [2.75, 3.05) is 20.3 Å². The Morgan fingerprint density at radius 3 is 2.09 bits per heavy atom. The van der Waals surface area contributed by atoms with Gasteiger partial charge in [-0.15, -0.1) is 0 Å². The fourth-order valence-corrected chi connectivity index (χ4v) is 3.68. The summed E-state index contributed by atoms with van der Waals surface area (Å²) >= 11 is 0. The average Bonchev–Trinajstić information content (AvgIpc) is 2.88. The monoisotopic (exact) mass is 474 g/mol. The van der Waals surface area contributed by atoms with Crippen LogP contribution in [0, 0.1) is 5.92 Å². The van der Waals surface area contributed by atoms with Gasteiger partial charge in [0.05, 0.1) is 7.11 Å². The van der Waals surface area contributed by atoms with E-state index in [-0.39, 0.29) is 25.0 Å². The molecule has 35 heavy (non-hydrogen) atoms. The SMILES string of the molecule is COc1ccc(CN(C(=O)COc2ccccc2)[C@H](C(=O)NCCC(C)C)c2ccccc2)cc1. The van der Waals surface area contributed by atoms with E-state index >= 15 is 0 Å². The Balaban J connectivity index is 1.90. The van der Waals surface area contributed by atoms with Crippen LogP contribution in [0.5, 0.6) is 11.5 Å². The first-order valence-corrected chi connectivity index (χ1v) is 11.9. The predicted octanol–water partition coefficient (Wildman–Crippen LogP) is 5.01. The van der Waals surface area contributed by atoms with E-state index in [4.69, 9.17) is 9.47 Å². The zero-order valence-corrected chi connectivity index (χ0v) is 20.6. The number of benzene rings is 3. The van der Waals surface area contributed by atoms with Crippen molar-refractivity contribution < 1.29 is 19.1 Å². The first kappa shape index (κ1) is 25.8. The fourth-order valence-electron chi connectivity index (χ4n) is 3.68. The molecule has 1 atom stereocenters. The molecule has 0 saturated heterocycles. The molecule has 6 heteroatoms. The van der Waals surface area contributed by atoms with Crippen LogP contribution in [0.2, 0.25) is 0 Å². The second-order valence-corrected chi connectivity index (χ2v) is 8.76. The number of methoxy groups -OCH3 is 1. The predicted molar refractivity (Wildman–Crippen MR) is 137 cm³/mol. The minimum Gasteiger partial charge on any atom is -0.497 e. The fraction of sp³-hybridized carbons (Fsp3) is 0.310. The van der Waals surface area contributed by atoms with Crippen LogP contribution < -0.4 is 14.8 Å². The first-order valence-electron chi connectivity index (χ1n) is 11.9. The van der Waals surface area contributed by atoms with E-state index in [1.54, 1.807) is 24.1 Å². The average molecular weight is 475 g/mol. The van der Waals surface area contributed by atoms with Gasteiger partial charge in [-0.1, -0.05) is 74.5 Å². The summed E-state index contributed by atoms with van der Waals surface area (Å²) in [5.41, 5.74) is 1.63. The second kappa shape index (κ2) is 13.2. The van der Waals surface area contributed by atoms with Crippen molar-refractivity contribution in [2.45, 2.75) is 32.9 Å². The maximum Gasteiger partial charge on any atom is 0.261 e. The summed E-state index contributed by atoms with van der Waals surface area (Å²) < 4.78 is 11.0. The van der Waals surface area contributed by atoms with Crippen LogP contribution in [0.3, 0.4) is 0 Å². The minimum absolute atomic E-state index is 0.178. The molecule has 3 aromatic rings. The van der Waals surface area contributed by atoms with E-state index in [2.05, 4.69) is 19.2 Å². The van der Waals surface area contributed by atoms with Crippen molar-refractivity contribution in [3.63, 3.8) is 0 Å². The van der Waals surface area contributed by atoms with Crippen molar-refractivity contribution in [1.82, 2.24) is 10.2 Å². The van der Waals surface area contributed by atoms with Gasteiger partial charge in [-0.2, -0.15) is 0 Å². The molecule has 184 valence electrons. The highest BCUT2D eigenvalue weighted by atomic mass is 16.5. The Labute approximate surface area is 207 Å². The molecule has 0 radical (unpaired) electrons. The number of nitrogens with zero attached hydrogens (tertiary/aromatic N) is 1. The van der Waals surface area contributed by atoms with Crippen LogP contribution in [-0.4, -0.2) is 37.0 Å². The number of carbonyl (C=O) groups excluding carboxylic acids is 2. The lowest BCUT2D eigenvalue weighted by Gasteiger charge is -2.31. The van der Waals surface area contributed by atoms with Crippen LogP contribution in [0.15, 0.2) is 84.9 Å². The Bertz CT molecular complexity index is 1050. The molecular weight excluding hydrogens is 440 g/mol. The van der Waals surface area contributed by atoms with Crippen LogP contribution in [0.1, 0.15) is 37.4 Å². The molecule has 0 saturated carbocycles. The van der Waals surface area contributed by atoms with Gasteiger partial charge in [-0.25, -0.2) is 0 Å². The summed E-state index contributed by atoms with van der Waals surface area (Å²) in [5.74, 6) is 1.30. The third-order valence-corrected chi connectivity index (χ3v) is 5.63. The van der Waals surface area contributed by atoms with E-state index in [0.717, 1.165) is 23.3 Å². The normalized spacial score (nSPS) is 11.5. The first-order chi connectivity index (χ1) is 17.0. The second-order valence-electron chi connectivity index (χ2n) is 8.76. The quantitative estimate of drug-likeness (QED) is 0.401. The number of ether oxygens (including phenoxy) is 2. The van der Waals surface area contributed by atoms with Gasteiger partial charge in [0.2, 0.25) is 5.91 Å². The van der Waals surface area contributed by atoms with Crippen LogP contribution in [0.4, 0.5) is 0 Å². The number of nitrogens with one attached hydrogen (secondary N) is 1. The molecule has 2 amide bonds. The summed E-state index contributed by atoms with van der Waals surface area (Å²) in [7, 11) is 1.61. The van der Waals surface area contributed by atoms with E-state index < -0.39 is 6.04 Å². The molecule has 1 N–H and O–H groups in total. The lowest BCUT2D eigenvalue weighted by molar-refractivity contribution is -0.143. The molecule has 0 aliphatic carbocycles. The molecule has 0 bridgehead atoms. The highest BCUT2D eigenvalue weighted by molar-refractivity contribution is 5.89. The maximum atomic E-state index is 13.5. The summed E-state index contributed by atoms with van der Waals surface area (Å²) in [5, 5.41) is 3.03. The van der Waals surface area contributed by atoms with Gasteiger partial charge in [-0.05, 0) is 47.7 Å². The highest BCUT2D eigenvalue weighted by Crippen LogP contribution is 2.25. The van der Waals surface area contributed by atoms with E-state index in [1.807, 2.05) is 72.8 Å². The Morgan fingerprint density at radius 2 is 1.49 bits per heavy atom.